The molecule has 0 bridgehead atoms. The number of carbonyl (C=O) groups excluding carboxylic acids is 1. The van der Waals surface area contributed by atoms with Crippen LogP contribution < -0.4 is 0 Å². The molecule has 106 valence electrons. The van der Waals surface area contributed by atoms with Crippen molar-refractivity contribution in [1.82, 2.24) is 4.57 Å². The van der Waals surface area contributed by atoms with Crippen LogP contribution in [0, 0.1) is 0 Å². The number of ketones is 1. The van der Waals surface area contributed by atoms with Gasteiger partial charge in [0.1, 0.15) is 0 Å². The molecule has 0 amide bonds. The quantitative estimate of drug-likeness (QED) is 0.629. The summed E-state index contributed by atoms with van der Waals surface area (Å²) in [7, 11) is 1.91. The lowest BCUT2D eigenvalue weighted by molar-refractivity contribution is 0.0994. The van der Waals surface area contributed by atoms with Gasteiger partial charge < -0.3 is 4.57 Å². The maximum Gasteiger partial charge on any atom is 0.169 e. The first-order valence-electron chi connectivity index (χ1n) is 6.57. The predicted octanol–water partition coefficient (Wildman–Crippen LogP) is 4.91. The highest BCUT2D eigenvalue weighted by atomic mass is 35.5. The number of aryl methyl sites for hydroxylation is 1. The van der Waals surface area contributed by atoms with Crippen molar-refractivity contribution in [2.45, 2.75) is 6.42 Å². The SMILES string of the molecule is Cn1cc(C(=O)Cc2cccc(Cl)c2)c2ccc(Cl)cc21. The number of benzene rings is 2. The molecule has 0 aliphatic heterocycles. The number of carbonyl (C=O) groups is 1. The van der Waals surface area contributed by atoms with E-state index in [0.717, 1.165) is 16.5 Å². The molecule has 0 fully saturated rings. The molecule has 3 aromatic rings. The van der Waals surface area contributed by atoms with Crippen molar-refractivity contribution in [2.24, 2.45) is 7.05 Å². The van der Waals surface area contributed by atoms with Gasteiger partial charge >= 0.3 is 0 Å². The van der Waals surface area contributed by atoms with Crippen molar-refractivity contribution in [3.63, 3.8) is 0 Å². The summed E-state index contributed by atoms with van der Waals surface area (Å²) in [5.74, 6) is 0.0742. The molecular formula is C17H13Cl2NO. The maximum absolute atomic E-state index is 12.5. The number of aromatic nitrogens is 1. The third kappa shape index (κ3) is 2.82. The zero-order valence-corrected chi connectivity index (χ0v) is 12.9. The molecule has 1 aromatic heterocycles. The predicted molar refractivity (Wildman–Crippen MR) is 87.4 cm³/mol. The van der Waals surface area contributed by atoms with Gasteiger partial charge in [0.25, 0.3) is 0 Å². The number of Topliss-reactive ketones (excluding diaryl/α,β-unsaturated/α-hetero) is 1. The van der Waals surface area contributed by atoms with Crippen LogP contribution in [0.4, 0.5) is 0 Å². The molecular weight excluding hydrogens is 305 g/mol. The molecule has 0 N–H and O–H groups in total. The number of fused-ring (bicyclic) bond motifs is 1. The summed E-state index contributed by atoms with van der Waals surface area (Å²) >= 11 is 12.0. The Morgan fingerprint density at radius 2 is 1.86 bits per heavy atom. The van der Waals surface area contributed by atoms with Crippen LogP contribution in [0.2, 0.25) is 10.0 Å². The summed E-state index contributed by atoms with van der Waals surface area (Å²) in [6, 6.07) is 13.0. The Morgan fingerprint density at radius 1 is 1.10 bits per heavy atom. The third-order valence-corrected chi connectivity index (χ3v) is 3.98. The fourth-order valence-electron chi connectivity index (χ4n) is 2.51. The van der Waals surface area contributed by atoms with Crippen LogP contribution in [-0.2, 0) is 13.5 Å². The van der Waals surface area contributed by atoms with E-state index in [2.05, 4.69) is 0 Å². The first-order chi connectivity index (χ1) is 10.0. The van der Waals surface area contributed by atoms with E-state index in [1.807, 2.05) is 48.1 Å². The highest BCUT2D eigenvalue weighted by Crippen LogP contribution is 2.25. The van der Waals surface area contributed by atoms with E-state index < -0.39 is 0 Å². The summed E-state index contributed by atoms with van der Waals surface area (Å²) in [6.45, 7) is 0. The van der Waals surface area contributed by atoms with E-state index in [0.29, 0.717) is 22.0 Å². The van der Waals surface area contributed by atoms with Crippen molar-refractivity contribution in [3.05, 3.63) is 69.8 Å². The molecule has 2 nitrogen and oxygen atoms in total. The molecule has 0 unspecified atom stereocenters. The number of halogens is 2. The van der Waals surface area contributed by atoms with E-state index in [1.54, 1.807) is 12.1 Å². The Kier molecular flexibility index (Phi) is 3.75. The van der Waals surface area contributed by atoms with Gasteiger partial charge in [-0.05, 0) is 29.8 Å². The van der Waals surface area contributed by atoms with E-state index in [4.69, 9.17) is 23.2 Å². The van der Waals surface area contributed by atoms with Gasteiger partial charge in [-0.3, -0.25) is 4.79 Å². The number of nitrogens with zero attached hydrogens (tertiary/aromatic N) is 1. The smallest absolute Gasteiger partial charge is 0.169 e. The van der Waals surface area contributed by atoms with Crippen LogP contribution in [0.5, 0.6) is 0 Å². The summed E-state index contributed by atoms with van der Waals surface area (Å²) in [6.07, 6.45) is 2.19. The lowest BCUT2D eigenvalue weighted by Gasteiger charge is -2.01. The van der Waals surface area contributed by atoms with Crippen LogP contribution in [-0.4, -0.2) is 10.4 Å². The Morgan fingerprint density at radius 3 is 2.62 bits per heavy atom. The van der Waals surface area contributed by atoms with Gasteiger partial charge in [-0.2, -0.15) is 0 Å². The second-order valence-electron chi connectivity index (χ2n) is 5.05. The summed E-state index contributed by atoms with van der Waals surface area (Å²) < 4.78 is 1.92. The number of hydrogen-bond donors (Lipinski definition) is 0. The van der Waals surface area contributed by atoms with Crippen molar-refractivity contribution in [2.75, 3.05) is 0 Å². The molecule has 4 heteroatoms. The third-order valence-electron chi connectivity index (χ3n) is 3.51. The van der Waals surface area contributed by atoms with Gasteiger partial charge in [0, 0.05) is 46.2 Å². The average molecular weight is 318 g/mol. The minimum atomic E-state index is 0.0742. The van der Waals surface area contributed by atoms with Crippen molar-refractivity contribution in [1.29, 1.82) is 0 Å². The number of rotatable bonds is 3. The minimum absolute atomic E-state index is 0.0742. The number of hydrogen-bond acceptors (Lipinski definition) is 1. The van der Waals surface area contributed by atoms with Gasteiger partial charge in [-0.1, -0.05) is 41.4 Å². The summed E-state index contributed by atoms with van der Waals surface area (Å²) in [4.78, 5) is 12.5. The summed E-state index contributed by atoms with van der Waals surface area (Å²) in [5.41, 5.74) is 2.58. The van der Waals surface area contributed by atoms with Crippen LogP contribution in [0.25, 0.3) is 10.9 Å². The van der Waals surface area contributed by atoms with Crippen molar-refractivity contribution >= 4 is 39.9 Å². The highest BCUT2D eigenvalue weighted by Gasteiger charge is 2.14. The van der Waals surface area contributed by atoms with Gasteiger partial charge in [0.05, 0.1) is 0 Å². The van der Waals surface area contributed by atoms with Crippen LogP contribution in [0.1, 0.15) is 15.9 Å². The molecule has 21 heavy (non-hydrogen) atoms. The van der Waals surface area contributed by atoms with E-state index in [-0.39, 0.29) is 5.78 Å². The Hall–Kier alpha value is -1.77. The average Bonchev–Trinajstić information content (AvgIpc) is 2.76. The zero-order chi connectivity index (χ0) is 15.0. The molecule has 1 heterocycles. The van der Waals surface area contributed by atoms with Crippen molar-refractivity contribution < 1.29 is 4.79 Å². The molecule has 0 aliphatic carbocycles. The van der Waals surface area contributed by atoms with Gasteiger partial charge in [-0.25, -0.2) is 0 Å². The van der Waals surface area contributed by atoms with E-state index in [9.17, 15) is 4.79 Å². The maximum atomic E-state index is 12.5. The normalized spacial score (nSPS) is 11.0. The molecule has 0 atom stereocenters. The van der Waals surface area contributed by atoms with Gasteiger partial charge in [0.15, 0.2) is 5.78 Å². The minimum Gasteiger partial charge on any atom is -0.350 e. The molecule has 3 rings (SSSR count). The van der Waals surface area contributed by atoms with Crippen LogP contribution >= 0.6 is 23.2 Å². The lowest BCUT2D eigenvalue weighted by atomic mass is 10.0. The Balaban J connectivity index is 1.98. The molecule has 0 spiro atoms. The second-order valence-corrected chi connectivity index (χ2v) is 5.92. The standard InChI is InChI=1S/C17H13Cl2NO/c1-20-10-15(14-6-5-13(19)9-16(14)20)17(21)8-11-3-2-4-12(18)7-11/h2-7,9-10H,8H2,1H3. The fourth-order valence-corrected chi connectivity index (χ4v) is 2.89. The summed E-state index contributed by atoms with van der Waals surface area (Å²) in [5, 5.41) is 2.23. The monoisotopic (exact) mass is 317 g/mol. The largest absolute Gasteiger partial charge is 0.350 e. The first-order valence-corrected chi connectivity index (χ1v) is 7.32. The fraction of sp³-hybridized carbons (Fsp3) is 0.118. The topological polar surface area (TPSA) is 22.0 Å². The Labute approximate surface area is 132 Å². The highest BCUT2D eigenvalue weighted by molar-refractivity contribution is 6.31. The van der Waals surface area contributed by atoms with Crippen LogP contribution in [0.15, 0.2) is 48.7 Å². The first kappa shape index (κ1) is 14.2. The van der Waals surface area contributed by atoms with Gasteiger partial charge in [-0.15, -0.1) is 0 Å². The Bertz CT molecular complexity index is 836. The molecule has 0 saturated carbocycles. The zero-order valence-electron chi connectivity index (χ0n) is 11.4. The molecule has 0 aliphatic rings. The second kappa shape index (κ2) is 5.55. The van der Waals surface area contributed by atoms with Crippen molar-refractivity contribution in [3.8, 4) is 0 Å². The molecule has 0 radical (unpaired) electrons. The van der Waals surface area contributed by atoms with Crippen LogP contribution in [0.3, 0.4) is 0 Å². The molecule has 2 aromatic carbocycles. The van der Waals surface area contributed by atoms with Gasteiger partial charge in [0.2, 0.25) is 0 Å². The van der Waals surface area contributed by atoms with E-state index >= 15 is 0 Å². The molecule has 0 saturated heterocycles. The van der Waals surface area contributed by atoms with E-state index in [1.165, 1.54) is 0 Å². The lowest BCUT2D eigenvalue weighted by Crippen LogP contribution is -2.02.